The largest absolute Gasteiger partial charge is 0.514 e. The van der Waals surface area contributed by atoms with Gasteiger partial charge in [-0.15, -0.1) is 0 Å². The van der Waals surface area contributed by atoms with Gasteiger partial charge >= 0.3 is 12.2 Å². The number of hydrogen-bond donors (Lipinski definition) is 3. The Hall–Kier alpha value is -1.34. The minimum atomic E-state index is -1.08. The third kappa shape index (κ3) is 2.15. The van der Waals surface area contributed by atoms with Crippen molar-refractivity contribution in [1.29, 1.82) is 0 Å². The van der Waals surface area contributed by atoms with Crippen LogP contribution in [0.5, 0.6) is 0 Å². The first-order valence-corrected chi connectivity index (χ1v) is 5.87. The molecule has 1 unspecified atom stereocenters. The fraction of sp³-hybridized carbons (Fsp3) is 0.818. The number of rotatable bonds is 1. The number of quaternary nitrogens is 1. The lowest BCUT2D eigenvalue weighted by Crippen LogP contribution is -2.75. The molecular weight excluding hydrogens is 240 g/mol. The number of hydrogen-bond acceptors (Lipinski definition) is 3. The van der Waals surface area contributed by atoms with Gasteiger partial charge in [0.2, 0.25) is 0 Å². The highest BCUT2D eigenvalue weighted by molar-refractivity contribution is 5.65. The Bertz CT molecular complexity index is 352. The summed E-state index contributed by atoms with van der Waals surface area (Å²) in [6.45, 7) is 5.38. The SMILES string of the molecule is CC(C)(C)[N+]1(C(=O)O)CCN(C(=O)O)C[C@H]1CO. The van der Waals surface area contributed by atoms with Crippen LogP contribution in [-0.4, -0.2) is 74.7 Å². The Kier molecular flexibility index (Phi) is 3.87. The minimum Gasteiger partial charge on any atom is -0.465 e. The van der Waals surface area contributed by atoms with E-state index in [1.165, 1.54) is 0 Å². The molecule has 3 N–H and O–H groups in total. The maximum absolute atomic E-state index is 11.7. The number of nitrogens with zero attached hydrogens (tertiary/aromatic N) is 2. The van der Waals surface area contributed by atoms with E-state index in [9.17, 15) is 19.8 Å². The summed E-state index contributed by atoms with van der Waals surface area (Å²) in [6.07, 6.45) is -2.10. The molecule has 0 aromatic carbocycles. The first-order valence-electron chi connectivity index (χ1n) is 5.87. The number of aliphatic hydroxyl groups excluding tert-OH is 1. The summed E-state index contributed by atoms with van der Waals surface area (Å²) in [5, 5.41) is 27.9. The van der Waals surface area contributed by atoms with Gasteiger partial charge in [0.05, 0.1) is 19.7 Å². The Morgan fingerprint density at radius 3 is 2.22 bits per heavy atom. The molecule has 0 radical (unpaired) electrons. The van der Waals surface area contributed by atoms with Crippen molar-refractivity contribution in [2.24, 2.45) is 0 Å². The predicted octanol–water partition coefficient (Wildman–Crippen LogP) is 0.634. The highest BCUT2D eigenvalue weighted by atomic mass is 16.4. The van der Waals surface area contributed by atoms with E-state index in [2.05, 4.69) is 0 Å². The lowest BCUT2D eigenvalue weighted by Gasteiger charge is -2.52. The molecule has 0 bridgehead atoms. The predicted molar refractivity (Wildman–Crippen MR) is 63.4 cm³/mol. The second-order valence-electron chi connectivity index (χ2n) is 5.61. The third-order valence-corrected chi connectivity index (χ3v) is 3.80. The van der Waals surface area contributed by atoms with Gasteiger partial charge in [-0.2, -0.15) is 4.79 Å². The first-order chi connectivity index (χ1) is 8.16. The monoisotopic (exact) mass is 261 g/mol. The fourth-order valence-corrected chi connectivity index (χ4v) is 2.74. The van der Waals surface area contributed by atoms with Crippen molar-refractivity contribution < 1.29 is 29.4 Å². The average Bonchev–Trinajstić information content (AvgIpc) is 2.25. The van der Waals surface area contributed by atoms with E-state index in [1.54, 1.807) is 20.8 Å². The molecular formula is C11H21N2O5+. The average molecular weight is 261 g/mol. The van der Waals surface area contributed by atoms with Gasteiger partial charge in [0.1, 0.15) is 18.1 Å². The zero-order chi connectivity index (χ0) is 14.1. The Balaban J connectivity index is 3.13. The maximum atomic E-state index is 11.7. The summed E-state index contributed by atoms with van der Waals surface area (Å²) >= 11 is 0. The van der Waals surface area contributed by atoms with Gasteiger partial charge in [-0.1, -0.05) is 0 Å². The van der Waals surface area contributed by atoms with E-state index in [4.69, 9.17) is 5.11 Å². The van der Waals surface area contributed by atoms with Gasteiger partial charge in [0.15, 0.2) is 0 Å². The van der Waals surface area contributed by atoms with Crippen molar-refractivity contribution in [3.63, 3.8) is 0 Å². The number of carbonyl (C=O) groups is 2. The second-order valence-corrected chi connectivity index (χ2v) is 5.61. The molecule has 2 amide bonds. The molecule has 1 rings (SSSR count). The minimum absolute atomic E-state index is 0.0371. The summed E-state index contributed by atoms with van der Waals surface area (Å²) < 4.78 is -0.312. The maximum Gasteiger partial charge on any atom is 0.514 e. The molecule has 18 heavy (non-hydrogen) atoms. The lowest BCUT2D eigenvalue weighted by atomic mass is 9.95. The number of carboxylic acid groups (broad SMARTS) is 2. The number of aliphatic hydroxyl groups is 1. The van der Waals surface area contributed by atoms with E-state index in [0.717, 1.165) is 4.90 Å². The van der Waals surface area contributed by atoms with E-state index >= 15 is 0 Å². The lowest BCUT2D eigenvalue weighted by molar-refractivity contribution is -0.930. The van der Waals surface area contributed by atoms with Gasteiger partial charge < -0.3 is 15.3 Å². The molecule has 104 valence electrons. The molecule has 1 fully saturated rings. The molecule has 7 heteroatoms. The van der Waals surface area contributed by atoms with Gasteiger partial charge in [0, 0.05) is 0 Å². The van der Waals surface area contributed by atoms with Crippen molar-refractivity contribution in [2.45, 2.75) is 32.4 Å². The highest BCUT2D eigenvalue weighted by Crippen LogP contribution is 2.32. The van der Waals surface area contributed by atoms with Crippen LogP contribution >= 0.6 is 0 Å². The molecule has 7 nitrogen and oxygen atoms in total. The summed E-state index contributed by atoms with van der Waals surface area (Å²) in [6, 6.07) is -0.646. The standard InChI is InChI=1S/C11H20N2O5/c1-11(2,3)13(10(17)18)5-4-12(9(15)16)6-8(13)7-14/h8,14H,4-7H2,1-3H3,(H-,15,16,17,18)/p+1/t8-,13?/m0/s1. The van der Waals surface area contributed by atoms with Crippen LogP contribution in [-0.2, 0) is 0 Å². The van der Waals surface area contributed by atoms with E-state index in [0.29, 0.717) is 0 Å². The van der Waals surface area contributed by atoms with Crippen LogP contribution in [0.3, 0.4) is 0 Å². The van der Waals surface area contributed by atoms with Gasteiger partial charge in [-0.25, -0.2) is 9.28 Å². The van der Waals surface area contributed by atoms with Crippen LogP contribution in [0.1, 0.15) is 20.8 Å². The van der Waals surface area contributed by atoms with Crippen molar-refractivity contribution >= 4 is 12.2 Å². The van der Waals surface area contributed by atoms with Gasteiger partial charge in [-0.05, 0) is 20.8 Å². The zero-order valence-corrected chi connectivity index (χ0v) is 11.0. The quantitative estimate of drug-likeness (QED) is 0.601. The Labute approximate surface area is 106 Å². The number of amides is 2. The van der Waals surface area contributed by atoms with Gasteiger partial charge in [-0.3, -0.25) is 4.90 Å². The highest BCUT2D eigenvalue weighted by Gasteiger charge is 2.56. The van der Waals surface area contributed by atoms with Crippen LogP contribution in [0.4, 0.5) is 9.59 Å². The van der Waals surface area contributed by atoms with E-state index in [1.807, 2.05) is 0 Å². The molecule has 0 aromatic rings. The summed E-state index contributed by atoms with van der Waals surface area (Å²) in [4.78, 5) is 23.8. The molecule has 0 saturated carbocycles. The van der Waals surface area contributed by atoms with Gasteiger partial charge in [0.25, 0.3) is 0 Å². The molecule has 1 aliphatic rings. The fourth-order valence-electron chi connectivity index (χ4n) is 2.74. The van der Waals surface area contributed by atoms with Crippen LogP contribution in [0.2, 0.25) is 0 Å². The summed E-state index contributed by atoms with van der Waals surface area (Å²) in [7, 11) is 0. The molecule has 1 saturated heterocycles. The van der Waals surface area contributed by atoms with Crippen LogP contribution in [0.25, 0.3) is 0 Å². The van der Waals surface area contributed by atoms with Crippen molar-refractivity contribution in [2.75, 3.05) is 26.2 Å². The van der Waals surface area contributed by atoms with Crippen LogP contribution in [0.15, 0.2) is 0 Å². The Morgan fingerprint density at radius 2 is 1.89 bits per heavy atom. The Morgan fingerprint density at radius 1 is 1.33 bits per heavy atom. The van der Waals surface area contributed by atoms with E-state index in [-0.39, 0.29) is 30.7 Å². The summed E-state index contributed by atoms with van der Waals surface area (Å²) in [5.74, 6) is 0. The zero-order valence-electron chi connectivity index (χ0n) is 11.0. The topological polar surface area (TPSA) is 98.1 Å². The molecule has 0 aromatic heterocycles. The second kappa shape index (κ2) is 4.74. The third-order valence-electron chi connectivity index (χ3n) is 3.80. The van der Waals surface area contributed by atoms with Crippen molar-refractivity contribution in [3.05, 3.63) is 0 Å². The van der Waals surface area contributed by atoms with Crippen LogP contribution < -0.4 is 0 Å². The molecule has 0 spiro atoms. The van der Waals surface area contributed by atoms with Crippen molar-refractivity contribution in [1.82, 2.24) is 4.90 Å². The van der Waals surface area contributed by atoms with Crippen LogP contribution in [0, 0.1) is 0 Å². The smallest absolute Gasteiger partial charge is 0.465 e. The first kappa shape index (κ1) is 14.7. The molecule has 1 heterocycles. The summed E-state index contributed by atoms with van der Waals surface area (Å²) in [5.41, 5.74) is -0.607. The number of piperazine rings is 1. The molecule has 2 atom stereocenters. The molecule has 0 aliphatic carbocycles. The normalized spacial score (nSPS) is 29.1. The van der Waals surface area contributed by atoms with E-state index < -0.39 is 23.8 Å². The molecule has 1 aliphatic heterocycles. The van der Waals surface area contributed by atoms with Crippen molar-refractivity contribution in [3.8, 4) is 0 Å².